The van der Waals surface area contributed by atoms with Gasteiger partial charge in [0.15, 0.2) is 14.7 Å². The molecule has 124 valence electrons. The van der Waals surface area contributed by atoms with E-state index in [1.807, 2.05) is 0 Å². The maximum Gasteiger partial charge on any atom is 0.276 e. The van der Waals surface area contributed by atoms with E-state index < -0.39 is 31.4 Å². The molecular weight excluding hydrogens is 304 g/mol. The van der Waals surface area contributed by atoms with E-state index in [1.54, 1.807) is 6.92 Å². The molecule has 1 fully saturated rings. The molecule has 0 spiro atoms. The van der Waals surface area contributed by atoms with Gasteiger partial charge in [0.2, 0.25) is 5.88 Å². The van der Waals surface area contributed by atoms with Gasteiger partial charge >= 0.3 is 0 Å². The second-order valence-electron chi connectivity index (χ2n) is 6.04. The quantitative estimate of drug-likeness (QED) is 0.897. The fraction of sp³-hybridized carbons (Fsp3) is 0.733. The molecule has 1 aliphatic rings. The second kappa shape index (κ2) is 6.81. The van der Waals surface area contributed by atoms with Crippen LogP contribution in [0.3, 0.4) is 0 Å². The van der Waals surface area contributed by atoms with Crippen molar-refractivity contribution in [3.8, 4) is 5.88 Å². The summed E-state index contributed by atoms with van der Waals surface area (Å²) in [6.45, 7) is 1.55. The molecule has 1 aliphatic carbocycles. The number of sulfone groups is 1. The van der Waals surface area contributed by atoms with Crippen molar-refractivity contribution in [2.24, 2.45) is 7.05 Å². The van der Waals surface area contributed by atoms with E-state index in [0.29, 0.717) is 12.8 Å². The summed E-state index contributed by atoms with van der Waals surface area (Å²) in [5, 5.41) is 9.34. The van der Waals surface area contributed by atoms with Gasteiger partial charge in [0.25, 0.3) is 5.56 Å². The highest BCUT2D eigenvalue weighted by Crippen LogP contribution is 2.28. The lowest BCUT2D eigenvalue weighted by Crippen LogP contribution is -2.32. The highest BCUT2D eigenvalue weighted by Gasteiger charge is 2.33. The summed E-state index contributed by atoms with van der Waals surface area (Å²) in [5.74, 6) is -0.378. The van der Waals surface area contributed by atoms with Crippen LogP contribution < -0.4 is 5.56 Å². The van der Waals surface area contributed by atoms with Crippen molar-refractivity contribution >= 4 is 9.84 Å². The Morgan fingerprint density at radius 2 is 1.59 bits per heavy atom. The van der Waals surface area contributed by atoms with Crippen LogP contribution in [0.15, 0.2) is 9.69 Å². The molecule has 0 aliphatic heterocycles. The predicted molar refractivity (Wildman–Crippen MR) is 83.8 cm³/mol. The first-order valence-corrected chi connectivity index (χ1v) is 9.41. The third kappa shape index (κ3) is 3.34. The monoisotopic (exact) mass is 328 g/mol. The molecule has 2 rings (SSSR count). The zero-order valence-corrected chi connectivity index (χ0v) is 14.0. The molecule has 7 heteroatoms. The average Bonchev–Trinajstić information content (AvgIpc) is 2.58. The van der Waals surface area contributed by atoms with Gasteiger partial charge in [-0.05, 0) is 19.8 Å². The first-order chi connectivity index (χ1) is 10.4. The molecule has 6 nitrogen and oxygen atoms in total. The smallest absolute Gasteiger partial charge is 0.276 e. The Morgan fingerprint density at radius 3 is 2.14 bits per heavy atom. The first kappa shape index (κ1) is 17.0. The van der Waals surface area contributed by atoms with E-state index in [4.69, 9.17) is 0 Å². The first-order valence-electron chi connectivity index (χ1n) is 7.86. The molecule has 0 bridgehead atoms. The molecule has 1 N–H and O–H groups in total. The average molecular weight is 328 g/mol. The van der Waals surface area contributed by atoms with Gasteiger partial charge in [-0.2, -0.15) is 4.98 Å². The molecule has 1 aromatic heterocycles. The van der Waals surface area contributed by atoms with Gasteiger partial charge in [-0.15, -0.1) is 0 Å². The lowest BCUT2D eigenvalue weighted by atomic mass is 10.1. The Balaban J connectivity index is 2.45. The molecule has 0 unspecified atom stereocenters. The number of hydrogen-bond acceptors (Lipinski definition) is 5. The third-order valence-corrected chi connectivity index (χ3v) is 6.76. The standard InChI is InChI=1S/C15H24N2O4S/c1-11-16-14(18)13(15(19)17(11)2)22(20,21)12-9-7-5-3-4-6-8-10-12/h12,18H,3-10H2,1-2H3. The van der Waals surface area contributed by atoms with Gasteiger partial charge in [0, 0.05) is 7.05 Å². The Labute approximate surface area is 131 Å². The molecule has 0 aromatic carbocycles. The number of rotatable bonds is 2. The summed E-state index contributed by atoms with van der Waals surface area (Å²) < 4.78 is 26.9. The van der Waals surface area contributed by atoms with Gasteiger partial charge < -0.3 is 5.11 Å². The molecular formula is C15H24N2O4S. The van der Waals surface area contributed by atoms with Crippen LogP contribution in [0.2, 0.25) is 0 Å². The highest BCUT2D eigenvalue weighted by molar-refractivity contribution is 7.92. The van der Waals surface area contributed by atoms with Crippen LogP contribution in [0.4, 0.5) is 0 Å². The summed E-state index contributed by atoms with van der Waals surface area (Å²) in [6.07, 6.45) is 7.05. The minimum absolute atomic E-state index is 0.288. The van der Waals surface area contributed by atoms with Gasteiger partial charge in [-0.3, -0.25) is 9.36 Å². The molecule has 1 heterocycles. The highest BCUT2D eigenvalue weighted by atomic mass is 32.2. The van der Waals surface area contributed by atoms with E-state index in [0.717, 1.165) is 38.5 Å². The van der Waals surface area contributed by atoms with E-state index >= 15 is 0 Å². The third-order valence-electron chi connectivity index (χ3n) is 4.48. The van der Waals surface area contributed by atoms with E-state index in [2.05, 4.69) is 4.98 Å². The van der Waals surface area contributed by atoms with E-state index in [9.17, 15) is 18.3 Å². The fourth-order valence-corrected chi connectivity index (χ4v) is 4.96. The Bertz CT molecular complexity index is 684. The molecule has 0 radical (unpaired) electrons. The molecule has 1 aromatic rings. The van der Waals surface area contributed by atoms with Crippen LogP contribution in [-0.4, -0.2) is 28.3 Å². The van der Waals surface area contributed by atoms with Crippen LogP contribution in [0.1, 0.15) is 57.2 Å². The normalized spacial score (nSPS) is 18.5. The molecule has 22 heavy (non-hydrogen) atoms. The van der Waals surface area contributed by atoms with E-state index in [-0.39, 0.29) is 5.82 Å². The Hall–Kier alpha value is -1.37. The SMILES string of the molecule is Cc1nc(O)c(S(=O)(=O)C2CCCCCCCC2)c(=O)n1C. The fourth-order valence-electron chi connectivity index (χ4n) is 3.00. The molecule has 1 saturated carbocycles. The lowest BCUT2D eigenvalue weighted by Gasteiger charge is -2.17. The summed E-state index contributed by atoms with van der Waals surface area (Å²) in [5.41, 5.74) is -0.690. The molecule has 0 amide bonds. The zero-order valence-electron chi connectivity index (χ0n) is 13.2. The van der Waals surface area contributed by atoms with E-state index in [1.165, 1.54) is 11.6 Å². The van der Waals surface area contributed by atoms with Crippen molar-refractivity contribution in [1.82, 2.24) is 9.55 Å². The van der Waals surface area contributed by atoms with Crippen molar-refractivity contribution in [3.63, 3.8) is 0 Å². The van der Waals surface area contributed by atoms with Crippen molar-refractivity contribution in [2.45, 2.75) is 68.4 Å². The van der Waals surface area contributed by atoms with Crippen molar-refractivity contribution in [1.29, 1.82) is 0 Å². The Kier molecular flexibility index (Phi) is 5.26. The summed E-state index contributed by atoms with van der Waals surface area (Å²) in [6, 6.07) is 0. The van der Waals surface area contributed by atoms with Crippen LogP contribution in [-0.2, 0) is 16.9 Å². The Morgan fingerprint density at radius 1 is 1.09 bits per heavy atom. The minimum Gasteiger partial charge on any atom is -0.492 e. The number of aromatic hydroxyl groups is 1. The van der Waals surface area contributed by atoms with Crippen molar-refractivity contribution in [3.05, 3.63) is 16.2 Å². The van der Waals surface area contributed by atoms with Crippen LogP contribution in [0, 0.1) is 6.92 Å². The minimum atomic E-state index is -3.86. The zero-order chi connectivity index (χ0) is 16.3. The van der Waals surface area contributed by atoms with Crippen molar-refractivity contribution in [2.75, 3.05) is 0 Å². The topological polar surface area (TPSA) is 89.3 Å². The predicted octanol–water partition coefficient (Wildman–Crippen LogP) is 2.07. The maximum atomic E-state index is 12.9. The van der Waals surface area contributed by atoms with Crippen LogP contribution in [0.25, 0.3) is 0 Å². The van der Waals surface area contributed by atoms with Crippen LogP contribution >= 0.6 is 0 Å². The summed E-state index contributed by atoms with van der Waals surface area (Å²) in [4.78, 5) is 15.6. The lowest BCUT2D eigenvalue weighted by molar-refractivity contribution is 0.423. The van der Waals surface area contributed by atoms with Crippen LogP contribution in [0.5, 0.6) is 5.88 Å². The van der Waals surface area contributed by atoms with Gasteiger partial charge in [-0.25, -0.2) is 8.42 Å². The van der Waals surface area contributed by atoms with Gasteiger partial charge in [0.1, 0.15) is 5.82 Å². The van der Waals surface area contributed by atoms with Crippen molar-refractivity contribution < 1.29 is 13.5 Å². The molecule has 0 saturated heterocycles. The number of aromatic nitrogens is 2. The number of nitrogens with zero attached hydrogens (tertiary/aromatic N) is 2. The number of aryl methyl sites for hydroxylation is 1. The second-order valence-corrected chi connectivity index (χ2v) is 8.21. The maximum absolute atomic E-state index is 12.9. The van der Waals surface area contributed by atoms with Gasteiger partial charge in [0.05, 0.1) is 5.25 Å². The molecule has 0 atom stereocenters. The summed E-state index contributed by atoms with van der Waals surface area (Å²) >= 11 is 0. The summed E-state index contributed by atoms with van der Waals surface area (Å²) in [7, 11) is -2.40. The largest absolute Gasteiger partial charge is 0.492 e. The number of hydrogen-bond donors (Lipinski definition) is 1. The van der Waals surface area contributed by atoms with Gasteiger partial charge in [-0.1, -0.05) is 38.5 Å².